The van der Waals surface area contributed by atoms with Crippen LogP contribution < -0.4 is 5.73 Å². The molecule has 0 bridgehead atoms. The molecule has 0 spiro atoms. The van der Waals surface area contributed by atoms with Crippen molar-refractivity contribution in [3.8, 4) is 0 Å². The van der Waals surface area contributed by atoms with Crippen LogP contribution in [-0.4, -0.2) is 18.0 Å². The second kappa shape index (κ2) is 6.13. The van der Waals surface area contributed by atoms with Crippen molar-refractivity contribution in [2.24, 2.45) is 0 Å². The molecule has 15 heavy (non-hydrogen) atoms. The quantitative estimate of drug-likeness (QED) is 0.833. The first-order valence-electron chi connectivity index (χ1n) is 5.44. The van der Waals surface area contributed by atoms with E-state index in [1.165, 1.54) is 12.0 Å². The van der Waals surface area contributed by atoms with Crippen molar-refractivity contribution in [2.75, 3.05) is 18.8 Å². The minimum atomic E-state index is 0.874. The number of nitrogens with zero attached hydrogens (tertiary/aromatic N) is 1. The summed E-state index contributed by atoms with van der Waals surface area (Å²) in [6.07, 6.45) is 1.18. The predicted molar refractivity (Wildman–Crippen MR) is 69.8 cm³/mol. The fraction of sp³-hybridized carbons (Fsp3) is 0.500. The van der Waals surface area contributed by atoms with Crippen LogP contribution in [-0.2, 0) is 6.54 Å². The Kier molecular flexibility index (Phi) is 5.12. The van der Waals surface area contributed by atoms with Crippen LogP contribution in [0.3, 0.4) is 0 Å². The van der Waals surface area contributed by atoms with E-state index in [0.717, 1.165) is 29.8 Å². The van der Waals surface area contributed by atoms with Gasteiger partial charge in [-0.2, -0.15) is 0 Å². The van der Waals surface area contributed by atoms with Gasteiger partial charge in [-0.25, -0.2) is 0 Å². The number of benzene rings is 1. The Labute approximate surface area is 101 Å². The lowest BCUT2D eigenvalue weighted by Crippen LogP contribution is -2.24. The van der Waals surface area contributed by atoms with Gasteiger partial charge in [-0.05, 0) is 31.6 Å². The molecule has 0 aliphatic carbocycles. The Hall–Kier alpha value is -0.540. The maximum atomic E-state index is 5.96. The van der Waals surface area contributed by atoms with Crippen LogP contribution in [0.2, 0.25) is 0 Å². The summed E-state index contributed by atoms with van der Waals surface area (Å²) in [6, 6.07) is 5.98. The molecule has 0 aliphatic rings. The largest absolute Gasteiger partial charge is 0.398 e. The van der Waals surface area contributed by atoms with E-state index >= 15 is 0 Å². The average molecular weight is 271 g/mol. The Bertz CT molecular complexity index is 292. The molecule has 84 valence electrons. The lowest BCUT2D eigenvalue weighted by Gasteiger charge is -2.21. The van der Waals surface area contributed by atoms with Gasteiger partial charge in [-0.3, -0.25) is 4.90 Å². The van der Waals surface area contributed by atoms with E-state index < -0.39 is 0 Å². The fourth-order valence-corrected chi connectivity index (χ4v) is 2.14. The molecule has 0 unspecified atom stereocenters. The zero-order chi connectivity index (χ0) is 11.3. The molecular weight excluding hydrogens is 252 g/mol. The van der Waals surface area contributed by atoms with E-state index in [2.05, 4.69) is 34.7 Å². The SMILES string of the molecule is CCCN(CC)Cc1c(N)cccc1Br. The predicted octanol–water partition coefficient (Wildman–Crippen LogP) is 3.26. The van der Waals surface area contributed by atoms with Gasteiger partial charge in [-0.15, -0.1) is 0 Å². The lowest BCUT2D eigenvalue weighted by molar-refractivity contribution is 0.280. The van der Waals surface area contributed by atoms with Crippen molar-refractivity contribution in [2.45, 2.75) is 26.8 Å². The van der Waals surface area contributed by atoms with E-state index in [9.17, 15) is 0 Å². The molecule has 0 aliphatic heterocycles. The van der Waals surface area contributed by atoms with E-state index in [0.29, 0.717) is 0 Å². The maximum Gasteiger partial charge on any atom is 0.0371 e. The van der Waals surface area contributed by atoms with E-state index in [-0.39, 0.29) is 0 Å². The number of hydrogen-bond donors (Lipinski definition) is 1. The van der Waals surface area contributed by atoms with Crippen molar-refractivity contribution in [1.82, 2.24) is 4.90 Å². The third kappa shape index (κ3) is 3.50. The van der Waals surface area contributed by atoms with Crippen LogP contribution in [0.25, 0.3) is 0 Å². The Morgan fingerprint density at radius 2 is 2.07 bits per heavy atom. The molecule has 0 amide bonds. The smallest absolute Gasteiger partial charge is 0.0371 e. The molecule has 0 atom stereocenters. The highest BCUT2D eigenvalue weighted by molar-refractivity contribution is 9.10. The zero-order valence-corrected chi connectivity index (χ0v) is 11.0. The van der Waals surface area contributed by atoms with Gasteiger partial charge < -0.3 is 5.73 Å². The molecule has 0 fully saturated rings. The van der Waals surface area contributed by atoms with Crippen LogP contribution in [0, 0.1) is 0 Å². The highest BCUT2D eigenvalue weighted by Crippen LogP contribution is 2.23. The van der Waals surface area contributed by atoms with Crippen molar-refractivity contribution >= 4 is 21.6 Å². The zero-order valence-electron chi connectivity index (χ0n) is 9.46. The van der Waals surface area contributed by atoms with Gasteiger partial charge in [0, 0.05) is 22.3 Å². The lowest BCUT2D eigenvalue weighted by atomic mass is 10.1. The van der Waals surface area contributed by atoms with Crippen LogP contribution in [0.4, 0.5) is 5.69 Å². The fourth-order valence-electron chi connectivity index (χ4n) is 1.63. The van der Waals surface area contributed by atoms with Gasteiger partial charge in [0.15, 0.2) is 0 Å². The van der Waals surface area contributed by atoms with Crippen LogP contribution >= 0.6 is 15.9 Å². The monoisotopic (exact) mass is 270 g/mol. The van der Waals surface area contributed by atoms with Gasteiger partial charge in [0.05, 0.1) is 0 Å². The summed E-state index contributed by atoms with van der Waals surface area (Å²) in [7, 11) is 0. The summed E-state index contributed by atoms with van der Waals surface area (Å²) >= 11 is 3.55. The topological polar surface area (TPSA) is 29.3 Å². The standard InChI is InChI=1S/C12H19BrN2/c1-3-8-15(4-2)9-10-11(13)6-5-7-12(10)14/h5-7H,3-4,8-9,14H2,1-2H3. The second-order valence-corrected chi connectivity index (χ2v) is 4.53. The summed E-state index contributed by atoms with van der Waals surface area (Å²) in [6.45, 7) is 7.50. The van der Waals surface area contributed by atoms with Crippen LogP contribution in [0.5, 0.6) is 0 Å². The number of rotatable bonds is 5. The molecule has 2 nitrogen and oxygen atoms in total. The Balaban J connectivity index is 2.78. The number of anilines is 1. The third-order valence-electron chi connectivity index (χ3n) is 2.52. The van der Waals surface area contributed by atoms with Crippen molar-refractivity contribution in [3.05, 3.63) is 28.2 Å². The highest BCUT2D eigenvalue weighted by atomic mass is 79.9. The Morgan fingerprint density at radius 1 is 1.33 bits per heavy atom. The van der Waals surface area contributed by atoms with Gasteiger partial charge in [0.25, 0.3) is 0 Å². The van der Waals surface area contributed by atoms with E-state index in [1.807, 2.05) is 18.2 Å². The normalized spacial score (nSPS) is 10.9. The maximum absolute atomic E-state index is 5.96. The van der Waals surface area contributed by atoms with Crippen LogP contribution in [0.1, 0.15) is 25.8 Å². The molecule has 0 saturated carbocycles. The van der Waals surface area contributed by atoms with Gasteiger partial charge in [0.1, 0.15) is 0 Å². The van der Waals surface area contributed by atoms with E-state index in [1.54, 1.807) is 0 Å². The van der Waals surface area contributed by atoms with Gasteiger partial charge >= 0.3 is 0 Å². The molecule has 0 aromatic heterocycles. The molecule has 0 saturated heterocycles. The molecule has 1 rings (SSSR count). The number of halogens is 1. The van der Waals surface area contributed by atoms with Crippen molar-refractivity contribution < 1.29 is 0 Å². The summed E-state index contributed by atoms with van der Waals surface area (Å²) in [5.41, 5.74) is 8.04. The van der Waals surface area contributed by atoms with Crippen LogP contribution in [0.15, 0.2) is 22.7 Å². The highest BCUT2D eigenvalue weighted by Gasteiger charge is 2.08. The minimum absolute atomic E-state index is 0.874. The van der Waals surface area contributed by atoms with Gasteiger partial charge in [0.2, 0.25) is 0 Å². The molecule has 0 radical (unpaired) electrons. The summed E-state index contributed by atoms with van der Waals surface area (Å²) in [4.78, 5) is 2.40. The molecule has 1 aromatic rings. The molecule has 1 aromatic carbocycles. The second-order valence-electron chi connectivity index (χ2n) is 3.68. The minimum Gasteiger partial charge on any atom is -0.398 e. The first kappa shape index (κ1) is 12.5. The first-order valence-corrected chi connectivity index (χ1v) is 6.23. The Morgan fingerprint density at radius 3 is 2.60 bits per heavy atom. The van der Waals surface area contributed by atoms with E-state index in [4.69, 9.17) is 5.73 Å². The molecule has 3 heteroatoms. The number of nitrogen functional groups attached to an aromatic ring is 1. The van der Waals surface area contributed by atoms with Crippen molar-refractivity contribution in [3.63, 3.8) is 0 Å². The molecule has 0 heterocycles. The summed E-state index contributed by atoms with van der Waals surface area (Å²) < 4.78 is 1.11. The van der Waals surface area contributed by atoms with Gasteiger partial charge in [-0.1, -0.05) is 35.8 Å². The first-order chi connectivity index (χ1) is 7.19. The summed E-state index contributed by atoms with van der Waals surface area (Å²) in [5.74, 6) is 0. The van der Waals surface area contributed by atoms with Crippen molar-refractivity contribution in [1.29, 1.82) is 0 Å². The third-order valence-corrected chi connectivity index (χ3v) is 3.27. The molecule has 2 N–H and O–H groups in total. The number of hydrogen-bond acceptors (Lipinski definition) is 2. The number of nitrogens with two attached hydrogens (primary N) is 1. The average Bonchev–Trinajstić information content (AvgIpc) is 2.22. The summed E-state index contributed by atoms with van der Waals surface area (Å²) in [5, 5.41) is 0. The molecular formula is C12H19BrN2.